The van der Waals surface area contributed by atoms with Crippen LogP contribution >= 0.6 is 10.7 Å². The lowest BCUT2D eigenvalue weighted by Gasteiger charge is -2.24. The maximum absolute atomic E-state index is 10.9. The Kier molecular flexibility index (Phi) is 10.7. The van der Waals surface area contributed by atoms with Crippen molar-refractivity contribution in [3.63, 3.8) is 0 Å². The first-order chi connectivity index (χ1) is 9.61. The van der Waals surface area contributed by atoms with Gasteiger partial charge in [0, 0.05) is 63.0 Å². The molecular weight excluding hydrogens is 340 g/mol. The van der Waals surface area contributed by atoms with E-state index in [1.165, 1.54) is 10.6 Å². The normalized spacial score (nSPS) is 20.5. The second-order valence-corrected chi connectivity index (χ2v) is 9.62. The van der Waals surface area contributed by atoms with Crippen LogP contribution in [0.25, 0.3) is 0 Å². The number of halogens is 1. The Morgan fingerprint density at radius 1 is 0.762 bits per heavy atom. The number of nitrogens with zero attached hydrogens (tertiary/aromatic N) is 1. The molecule has 8 nitrogen and oxygen atoms in total. The van der Waals surface area contributed by atoms with Crippen LogP contribution in [0.4, 0.5) is 0 Å². The van der Waals surface area contributed by atoms with Gasteiger partial charge in [-0.05, 0) is 0 Å². The molecule has 2 aliphatic heterocycles. The Morgan fingerprint density at radius 2 is 1.05 bits per heavy atom. The topological polar surface area (TPSA) is 108 Å². The standard InChI is InChI=1S/C5H12N2O2S.C4H10N2.CH3ClO2S/c1-10(8,9)7-4-2-6-3-5-7;1-2-6-4-3-5-1;1-5(2,3)4/h6H,2-5H2,1H3;5-6H,1-4H2;1H3. The summed E-state index contributed by atoms with van der Waals surface area (Å²) in [6, 6.07) is 0. The van der Waals surface area contributed by atoms with Crippen LogP contribution in [0, 0.1) is 0 Å². The molecule has 2 rings (SSSR count). The molecule has 0 saturated carbocycles. The number of piperazine rings is 2. The third kappa shape index (κ3) is 16.2. The molecule has 0 aromatic carbocycles. The molecule has 0 aliphatic carbocycles. The van der Waals surface area contributed by atoms with Gasteiger partial charge in [-0.2, -0.15) is 4.31 Å². The predicted octanol–water partition coefficient (Wildman–Crippen LogP) is -1.78. The zero-order valence-electron chi connectivity index (χ0n) is 12.4. The van der Waals surface area contributed by atoms with E-state index in [1.54, 1.807) is 0 Å². The Morgan fingerprint density at radius 3 is 1.24 bits per heavy atom. The molecule has 11 heteroatoms. The highest BCUT2D eigenvalue weighted by molar-refractivity contribution is 8.13. The summed E-state index contributed by atoms with van der Waals surface area (Å²) < 4.78 is 42.1. The van der Waals surface area contributed by atoms with Crippen LogP contribution in [0.5, 0.6) is 0 Å². The minimum atomic E-state index is -3.19. The molecule has 128 valence electrons. The molecule has 0 aromatic rings. The van der Waals surface area contributed by atoms with Crippen LogP contribution in [0.1, 0.15) is 0 Å². The summed E-state index contributed by atoms with van der Waals surface area (Å²) in [5, 5.41) is 9.53. The Hall–Kier alpha value is 0.0300. The third-order valence-electron chi connectivity index (χ3n) is 2.50. The minimum absolute atomic E-state index is 0.610. The summed E-state index contributed by atoms with van der Waals surface area (Å²) in [6.45, 7) is 7.32. The van der Waals surface area contributed by atoms with Crippen LogP contribution in [-0.4, -0.2) is 86.0 Å². The zero-order chi connectivity index (χ0) is 16.4. The van der Waals surface area contributed by atoms with Crippen LogP contribution < -0.4 is 16.0 Å². The molecule has 0 spiro atoms. The van der Waals surface area contributed by atoms with Gasteiger partial charge in [0.2, 0.25) is 19.1 Å². The van der Waals surface area contributed by atoms with Gasteiger partial charge in [-0.1, -0.05) is 0 Å². The fourth-order valence-electron chi connectivity index (χ4n) is 1.58. The number of hydrogen-bond donors (Lipinski definition) is 3. The quantitative estimate of drug-likeness (QED) is 0.472. The van der Waals surface area contributed by atoms with Gasteiger partial charge in [0.25, 0.3) is 0 Å². The summed E-state index contributed by atoms with van der Waals surface area (Å²) in [4.78, 5) is 0. The molecule has 0 unspecified atom stereocenters. The second kappa shape index (κ2) is 10.7. The van der Waals surface area contributed by atoms with Crippen molar-refractivity contribution >= 4 is 29.8 Å². The van der Waals surface area contributed by atoms with Gasteiger partial charge in [-0.15, -0.1) is 0 Å². The van der Waals surface area contributed by atoms with Crippen molar-refractivity contribution in [3.05, 3.63) is 0 Å². The summed E-state index contributed by atoms with van der Waals surface area (Å²) in [5.74, 6) is 0. The van der Waals surface area contributed by atoms with E-state index in [4.69, 9.17) is 0 Å². The lowest BCUT2D eigenvalue weighted by atomic mass is 10.4. The summed E-state index contributed by atoms with van der Waals surface area (Å²) >= 11 is 0. The Bertz CT molecular complexity index is 440. The van der Waals surface area contributed by atoms with Crippen molar-refractivity contribution in [2.75, 3.05) is 64.9 Å². The molecule has 0 amide bonds. The monoisotopic (exact) mass is 364 g/mol. The number of nitrogens with one attached hydrogen (secondary N) is 3. The van der Waals surface area contributed by atoms with E-state index in [0.29, 0.717) is 13.1 Å². The predicted molar refractivity (Wildman–Crippen MR) is 85.7 cm³/mol. The summed E-state index contributed by atoms with van der Waals surface area (Å²) in [6.07, 6.45) is 2.17. The SMILES string of the molecule is C1CNCCN1.CS(=O)(=O)Cl.CS(=O)(=O)N1CCNCC1. The zero-order valence-corrected chi connectivity index (χ0v) is 14.8. The fourth-order valence-corrected chi connectivity index (χ4v) is 2.43. The Balaban J connectivity index is 0.000000312. The average Bonchev–Trinajstić information content (AvgIpc) is 2.40. The van der Waals surface area contributed by atoms with Gasteiger partial charge in [0.05, 0.1) is 12.5 Å². The van der Waals surface area contributed by atoms with E-state index >= 15 is 0 Å². The highest BCUT2D eigenvalue weighted by Crippen LogP contribution is 1.97. The first-order valence-corrected chi connectivity index (χ1v) is 11.1. The average molecular weight is 365 g/mol. The first-order valence-electron chi connectivity index (χ1n) is 6.57. The maximum Gasteiger partial charge on any atom is 0.229 e. The summed E-state index contributed by atoms with van der Waals surface area (Å²) in [5.41, 5.74) is 0. The molecule has 2 aliphatic rings. The van der Waals surface area contributed by atoms with Crippen molar-refractivity contribution in [3.8, 4) is 0 Å². The van der Waals surface area contributed by atoms with Gasteiger partial charge in [-0.3, -0.25) is 0 Å². The molecule has 0 atom stereocenters. The van der Waals surface area contributed by atoms with Gasteiger partial charge < -0.3 is 16.0 Å². The molecule has 2 fully saturated rings. The smallest absolute Gasteiger partial charge is 0.229 e. The third-order valence-corrected chi connectivity index (χ3v) is 3.81. The highest BCUT2D eigenvalue weighted by Gasteiger charge is 2.17. The second-order valence-electron chi connectivity index (χ2n) is 4.59. The van der Waals surface area contributed by atoms with Gasteiger partial charge in [-0.25, -0.2) is 16.8 Å². The molecule has 0 radical (unpaired) electrons. The molecular formula is C10H25ClN4O4S2. The molecule has 2 saturated heterocycles. The largest absolute Gasteiger partial charge is 0.314 e. The maximum atomic E-state index is 10.9. The van der Waals surface area contributed by atoms with Gasteiger partial charge in [0.15, 0.2) is 0 Å². The van der Waals surface area contributed by atoms with E-state index in [1.807, 2.05) is 0 Å². The van der Waals surface area contributed by atoms with Gasteiger partial charge >= 0.3 is 0 Å². The number of sulfonamides is 1. The summed E-state index contributed by atoms with van der Waals surface area (Å²) in [7, 11) is -1.62. The van der Waals surface area contributed by atoms with E-state index in [0.717, 1.165) is 45.5 Å². The van der Waals surface area contributed by atoms with E-state index in [9.17, 15) is 16.8 Å². The first kappa shape index (κ1) is 21.0. The van der Waals surface area contributed by atoms with Crippen molar-refractivity contribution in [1.82, 2.24) is 20.3 Å². The van der Waals surface area contributed by atoms with Crippen molar-refractivity contribution in [2.45, 2.75) is 0 Å². The van der Waals surface area contributed by atoms with E-state index < -0.39 is 19.1 Å². The van der Waals surface area contributed by atoms with E-state index in [-0.39, 0.29) is 0 Å². The van der Waals surface area contributed by atoms with Crippen LogP contribution in [0.2, 0.25) is 0 Å². The van der Waals surface area contributed by atoms with E-state index in [2.05, 4.69) is 26.6 Å². The van der Waals surface area contributed by atoms with Crippen molar-refractivity contribution in [1.29, 1.82) is 0 Å². The molecule has 0 aromatic heterocycles. The van der Waals surface area contributed by atoms with Crippen molar-refractivity contribution < 1.29 is 16.8 Å². The van der Waals surface area contributed by atoms with Crippen LogP contribution in [0.15, 0.2) is 0 Å². The Labute approximate surface area is 132 Å². The number of hydrogen-bond acceptors (Lipinski definition) is 7. The molecule has 3 N–H and O–H groups in total. The minimum Gasteiger partial charge on any atom is -0.314 e. The van der Waals surface area contributed by atoms with Gasteiger partial charge in [0.1, 0.15) is 0 Å². The molecule has 0 bridgehead atoms. The molecule has 2 heterocycles. The van der Waals surface area contributed by atoms with Crippen LogP contribution in [-0.2, 0) is 19.1 Å². The lowest BCUT2D eigenvalue weighted by molar-refractivity contribution is 0.363. The highest BCUT2D eigenvalue weighted by atomic mass is 35.7. The fraction of sp³-hybridized carbons (Fsp3) is 1.00. The molecule has 21 heavy (non-hydrogen) atoms. The van der Waals surface area contributed by atoms with Crippen LogP contribution in [0.3, 0.4) is 0 Å². The number of rotatable bonds is 1. The lowest BCUT2D eigenvalue weighted by Crippen LogP contribution is -2.45. The van der Waals surface area contributed by atoms with Crippen molar-refractivity contribution in [2.24, 2.45) is 0 Å².